The third kappa shape index (κ3) is 5.38. The number of pyridine rings is 1. The molecule has 2 heterocycles. The highest BCUT2D eigenvalue weighted by molar-refractivity contribution is 6.62. The first-order valence-electron chi connectivity index (χ1n) is 11.0. The van der Waals surface area contributed by atoms with E-state index >= 15 is 0 Å². The van der Waals surface area contributed by atoms with Crippen LogP contribution in [0, 0.1) is 0 Å². The van der Waals surface area contributed by atoms with Gasteiger partial charge in [0.05, 0.1) is 16.7 Å². The van der Waals surface area contributed by atoms with Crippen molar-refractivity contribution in [3.8, 4) is 11.5 Å². The quantitative estimate of drug-likeness (QED) is 0.417. The van der Waals surface area contributed by atoms with Gasteiger partial charge in [0.1, 0.15) is 11.5 Å². The summed E-state index contributed by atoms with van der Waals surface area (Å²) in [5.74, 6) is 1.47. The first kappa shape index (κ1) is 24.7. The Hall–Kier alpha value is -2.57. The van der Waals surface area contributed by atoms with Gasteiger partial charge < -0.3 is 19.8 Å². The number of anilines is 1. The molecule has 1 saturated heterocycles. The largest absolute Gasteiger partial charge is 0.494 e. The Morgan fingerprint density at radius 3 is 2.00 bits per heavy atom. The molecule has 3 aromatic rings. The zero-order valence-corrected chi connectivity index (χ0v) is 20.0. The fourth-order valence-corrected chi connectivity index (χ4v) is 3.02. The van der Waals surface area contributed by atoms with Crippen LogP contribution in [0.5, 0.6) is 11.5 Å². The lowest BCUT2D eigenvalue weighted by Crippen LogP contribution is -2.41. The molecule has 0 atom stereocenters. The highest BCUT2D eigenvalue weighted by Crippen LogP contribution is 2.37. The highest BCUT2D eigenvalue weighted by Gasteiger charge is 2.51. The third-order valence-electron chi connectivity index (χ3n) is 5.36. The number of nitrogens with zero attached hydrogens (tertiary/aromatic N) is 1. The molecule has 0 spiro atoms. The average molecular weight is 422 g/mol. The Bertz CT molecular complexity index is 972. The van der Waals surface area contributed by atoms with Gasteiger partial charge in [0.15, 0.2) is 0 Å². The first-order valence-corrected chi connectivity index (χ1v) is 11.0. The minimum absolute atomic E-state index is 0.375. The van der Waals surface area contributed by atoms with Crippen LogP contribution in [0.1, 0.15) is 55.4 Å². The van der Waals surface area contributed by atoms with Gasteiger partial charge in [-0.3, -0.25) is 4.98 Å². The van der Waals surface area contributed by atoms with Gasteiger partial charge in [-0.15, -0.1) is 0 Å². The molecule has 0 radical (unpaired) electrons. The van der Waals surface area contributed by atoms with E-state index < -0.39 is 7.12 Å². The van der Waals surface area contributed by atoms with Crippen LogP contribution >= 0.6 is 0 Å². The summed E-state index contributed by atoms with van der Waals surface area (Å²) in [6, 6.07) is 15.2. The summed E-state index contributed by atoms with van der Waals surface area (Å²) < 4.78 is 18.3. The Balaban J connectivity index is 0.000000807. The maximum Gasteiger partial charge on any atom is 0.494 e. The Morgan fingerprint density at radius 1 is 0.839 bits per heavy atom. The highest BCUT2D eigenvalue weighted by atomic mass is 16.7. The molecule has 0 saturated carbocycles. The minimum atomic E-state index is -0.414. The first-order chi connectivity index (χ1) is 14.7. The van der Waals surface area contributed by atoms with E-state index in [2.05, 4.69) is 4.98 Å². The lowest BCUT2D eigenvalue weighted by molar-refractivity contribution is 0.00578. The summed E-state index contributed by atoms with van der Waals surface area (Å²) >= 11 is 0. The SMILES string of the molecule is CC.CC.CC1(C)OB(c2ccc3c(Oc4ccc(N)cc4)ccnc3c2)OC1(C)C. The molecule has 0 unspecified atom stereocenters. The van der Waals surface area contributed by atoms with Crippen molar-refractivity contribution in [2.24, 2.45) is 0 Å². The molecule has 0 bridgehead atoms. The van der Waals surface area contributed by atoms with Crippen LogP contribution < -0.4 is 15.9 Å². The summed E-state index contributed by atoms with van der Waals surface area (Å²) in [6.07, 6.45) is 1.74. The van der Waals surface area contributed by atoms with Crippen LogP contribution in [0.2, 0.25) is 0 Å². The predicted octanol–water partition coefficient (Wildman–Crippen LogP) is 5.96. The molecule has 1 aromatic heterocycles. The van der Waals surface area contributed by atoms with Crippen LogP contribution in [0.25, 0.3) is 10.9 Å². The molecule has 2 aromatic carbocycles. The molecule has 0 amide bonds. The van der Waals surface area contributed by atoms with Crippen LogP contribution in [0.4, 0.5) is 5.69 Å². The number of rotatable bonds is 3. The van der Waals surface area contributed by atoms with Crippen LogP contribution in [0.15, 0.2) is 54.7 Å². The number of benzene rings is 2. The van der Waals surface area contributed by atoms with Gasteiger partial charge in [0.25, 0.3) is 0 Å². The van der Waals surface area contributed by atoms with Crippen molar-refractivity contribution in [1.82, 2.24) is 4.98 Å². The smallest absolute Gasteiger partial charge is 0.457 e. The molecule has 5 nitrogen and oxygen atoms in total. The number of aromatic nitrogens is 1. The van der Waals surface area contributed by atoms with Crippen molar-refractivity contribution in [2.75, 3.05) is 5.73 Å². The molecule has 6 heteroatoms. The van der Waals surface area contributed by atoms with Gasteiger partial charge in [0, 0.05) is 17.3 Å². The predicted molar refractivity (Wildman–Crippen MR) is 131 cm³/mol. The van der Waals surface area contributed by atoms with Gasteiger partial charge in [-0.2, -0.15) is 0 Å². The van der Waals surface area contributed by atoms with Gasteiger partial charge >= 0.3 is 7.12 Å². The van der Waals surface area contributed by atoms with E-state index in [-0.39, 0.29) is 11.2 Å². The maximum atomic E-state index is 6.14. The van der Waals surface area contributed by atoms with Crippen LogP contribution in [0.3, 0.4) is 0 Å². The summed E-state index contributed by atoms with van der Waals surface area (Å²) in [6.45, 7) is 16.2. The second-order valence-corrected chi connectivity index (χ2v) is 7.85. The molecule has 166 valence electrons. The van der Waals surface area contributed by atoms with Crippen LogP contribution in [-0.2, 0) is 9.31 Å². The molecule has 2 N–H and O–H groups in total. The topological polar surface area (TPSA) is 66.6 Å². The Kier molecular flexibility index (Phi) is 8.10. The maximum absolute atomic E-state index is 6.14. The summed E-state index contributed by atoms with van der Waals surface area (Å²) in [5.41, 5.74) is 7.46. The average Bonchev–Trinajstić information content (AvgIpc) is 2.99. The van der Waals surface area contributed by atoms with Gasteiger partial charge in [-0.25, -0.2) is 0 Å². The molecular weight excluding hydrogens is 387 g/mol. The number of hydrogen-bond acceptors (Lipinski definition) is 5. The molecule has 4 rings (SSSR count). The molecule has 0 aliphatic carbocycles. The zero-order valence-electron chi connectivity index (χ0n) is 20.0. The molecule has 1 aliphatic rings. The minimum Gasteiger partial charge on any atom is -0.457 e. The lowest BCUT2D eigenvalue weighted by Gasteiger charge is -2.32. The third-order valence-corrected chi connectivity index (χ3v) is 5.36. The van der Waals surface area contributed by atoms with Crippen molar-refractivity contribution in [3.05, 3.63) is 54.7 Å². The van der Waals surface area contributed by atoms with Crippen molar-refractivity contribution in [3.63, 3.8) is 0 Å². The molecule has 31 heavy (non-hydrogen) atoms. The van der Waals surface area contributed by atoms with Crippen LogP contribution in [-0.4, -0.2) is 23.3 Å². The lowest BCUT2D eigenvalue weighted by atomic mass is 9.78. The van der Waals surface area contributed by atoms with Crippen molar-refractivity contribution >= 4 is 29.2 Å². The van der Waals surface area contributed by atoms with E-state index in [1.54, 1.807) is 6.20 Å². The second kappa shape index (κ2) is 10.2. The van der Waals surface area contributed by atoms with E-state index in [1.165, 1.54) is 0 Å². The van der Waals surface area contributed by atoms with Crippen molar-refractivity contribution in [1.29, 1.82) is 0 Å². The van der Waals surface area contributed by atoms with Crippen molar-refractivity contribution in [2.45, 2.75) is 66.6 Å². The Morgan fingerprint density at radius 2 is 1.42 bits per heavy atom. The molecule has 1 aliphatic heterocycles. The summed E-state index contributed by atoms with van der Waals surface area (Å²) in [7, 11) is -0.414. The number of hydrogen-bond donors (Lipinski definition) is 1. The zero-order chi connectivity index (χ0) is 23.2. The van der Waals surface area contributed by atoms with E-state index in [1.807, 2.05) is 104 Å². The number of ether oxygens (including phenoxy) is 1. The van der Waals surface area contributed by atoms with Crippen molar-refractivity contribution < 1.29 is 14.0 Å². The molecule has 1 fully saturated rings. The van der Waals surface area contributed by atoms with Gasteiger partial charge in [0.2, 0.25) is 0 Å². The van der Waals surface area contributed by atoms with E-state index in [4.69, 9.17) is 19.8 Å². The summed E-state index contributed by atoms with van der Waals surface area (Å²) in [4.78, 5) is 4.49. The number of nitrogens with two attached hydrogens (primary N) is 1. The standard InChI is InChI=1S/C21H23BN2O3.2C2H6/c1-20(2)21(3,4)27-22(26-20)14-5-10-17-18(13-14)24-12-11-19(17)25-16-8-6-15(23)7-9-16;2*1-2/h5-13H,23H2,1-4H3;2*1-2H3. The van der Waals surface area contributed by atoms with Gasteiger partial charge in [-0.05, 0) is 75.6 Å². The normalized spacial score (nSPS) is 16.1. The monoisotopic (exact) mass is 422 g/mol. The van der Waals surface area contributed by atoms with E-state index in [9.17, 15) is 0 Å². The fourth-order valence-electron chi connectivity index (χ4n) is 3.02. The Labute approximate surface area is 187 Å². The second-order valence-electron chi connectivity index (χ2n) is 7.85. The number of nitrogen functional groups attached to an aromatic ring is 1. The molecular formula is C25H35BN2O3. The van der Waals surface area contributed by atoms with Gasteiger partial charge in [-0.1, -0.05) is 33.8 Å². The number of fused-ring (bicyclic) bond motifs is 1. The summed E-state index contributed by atoms with van der Waals surface area (Å²) in [5, 5.41) is 0.926. The fraction of sp³-hybridized carbons (Fsp3) is 0.400. The van der Waals surface area contributed by atoms with E-state index in [0.29, 0.717) is 5.69 Å². The van der Waals surface area contributed by atoms with E-state index in [0.717, 1.165) is 27.9 Å².